The van der Waals surface area contributed by atoms with Gasteiger partial charge >= 0.3 is 5.97 Å². The number of nitrogens with one attached hydrogen (secondary N) is 1. The number of benzene rings is 2. The Hall–Kier alpha value is -2.86. The van der Waals surface area contributed by atoms with E-state index in [-0.39, 0.29) is 18.9 Å². The molecule has 29 heavy (non-hydrogen) atoms. The first-order valence-electron chi connectivity index (χ1n) is 9.35. The lowest BCUT2D eigenvalue weighted by Gasteiger charge is -2.18. The fourth-order valence-corrected chi connectivity index (χ4v) is 3.35. The molecule has 1 saturated heterocycles. The molecule has 0 aliphatic carbocycles. The molecule has 0 saturated carbocycles. The van der Waals surface area contributed by atoms with Crippen molar-refractivity contribution in [1.29, 1.82) is 0 Å². The number of ether oxygens (including phenoxy) is 1. The number of carbonyl (C=O) groups is 3. The highest BCUT2D eigenvalue weighted by atomic mass is 35.5. The highest BCUT2D eigenvalue weighted by molar-refractivity contribution is 6.31. The van der Waals surface area contributed by atoms with E-state index in [1.807, 2.05) is 39.0 Å². The first kappa shape index (κ1) is 20.9. The Morgan fingerprint density at radius 2 is 1.83 bits per heavy atom. The summed E-state index contributed by atoms with van der Waals surface area (Å²) in [6, 6.07) is 10.9. The zero-order chi connectivity index (χ0) is 21.1. The number of halogens is 1. The number of rotatable bonds is 5. The smallest absolute Gasteiger partial charge is 0.311 e. The summed E-state index contributed by atoms with van der Waals surface area (Å²) in [4.78, 5) is 38.4. The molecule has 152 valence electrons. The van der Waals surface area contributed by atoms with Crippen molar-refractivity contribution in [2.75, 3.05) is 23.4 Å². The average molecular weight is 415 g/mol. The largest absolute Gasteiger partial charge is 0.455 e. The topological polar surface area (TPSA) is 75.7 Å². The van der Waals surface area contributed by atoms with Gasteiger partial charge in [0.25, 0.3) is 5.91 Å². The molecule has 2 aromatic carbocycles. The molecule has 0 bridgehead atoms. The maximum atomic E-state index is 12.4. The van der Waals surface area contributed by atoms with Crippen LogP contribution in [0.15, 0.2) is 36.4 Å². The van der Waals surface area contributed by atoms with Gasteiger partial charge in [-0.2, -0.15) is 0 Å². The van der Waals surface area contributed by atoms with Gasteiger partial charge in [-0.25, -0.2) is 0 Å². The zero-order valence-corrected chi connectivity index (χ0v) is 17.4. The molecule has 0 spiro atoms. The summed E-state index contributed by atoms with van der Waals surface area (Å²) in [5.41, 5.74) is 4.39. The van der Waals surface area contributed by atoms with Crippen LogP contribution >= 0.6 is 11.6 Å². The van der Waals surface area contributed by atoms with Crippen LogP contribution in [-0.4, -0.2) is 30.9 Å². The molecule has 1 aliphatic rings. The van der Waals surface area contributed by atoms with E-state index in [1.165, 1.54) is 0 Å². The molecule has 1 heterocycles. The lowest BCUT2D eigenvalue weighted by atomic mass is 10.1. The number of amides is 2. The van der Waals surface area contributed by atoms with Crippen LogP contribution in [0.2, 0.25) is 5.02 Å². The van der Waals surface area contributed by atoms with Gasteiger partial charge in [0, 0.05) is 29.4 Å². The van der Waals surface area contributed by atoms with Crippen LogP contribution in [0, 0.1) is 26.7 Å². The number of hydrogen-bond donors (Lipinski definition) is 1. The molecule has 0 radical (unpaired) electrons. The van der Waals surface area contributed by atoms with E-state index in [9.17, 15) is 14.4 Å². The number of esters is 1. The summed E-state index contributed by atoms with van der Waals surface area (Å²) in [7, 11) is 0. The summed E-state index contributed by atoms with van der Waals surface area (Å²) < 4.78 is 5.14. The number of aryl methyl sites for hydroxylation is 3. The van der Waals surface area contributed by atoms with Gasteiger partial charge in [0.15, 0.2) is 6.61 Å². The maximum Gasteiger partial charge on any atom is 0.311 e. The van der Waals surface area contributed by atoms with Crippen molar-refractivity contribution < 1.29 is 19.1 Å². The molecule has 2 amide bonds. The van der Waals surface area contributed by atoms with Gasteiger partial charge in [0.1, 0.15) is 0 Å². The molecule has 1 fully saturated rings. The number of hydrogen-bond acceptors (Lipinski definition) is 4. The minimum atomic E-state index is -0.593. The van der Waals surface area contributed by atoms with E-state index in [4.69, 9.17) is 16.3 Å². The van der Waals surface area contributed by atoms with E-state index in [2.05, 4.69) is 5.32 Å². The fraction of sp³-hybridized carbons (Fsp3) is 0.318. The number of anilines is 2. The molecule has 1 atom stereocenters. The minimum Gasteiger partial charge on any atom is -0.455 e. The first-order valence-corrected chi connectivity index (χ1v) is 9.72. The Balaban J connectivity index is 1.56. The predicted molar refractivity (Wildman–Crippen MR) is 112 cm³/mol. The predicted octanol–water partition coefficient (Wildman–Crippen LogP) is 3.80. The summed E-state index contributed by atoms with van der Waals surface area (Å²) in [5.74, 6) is -1.74. The van der Waals surface area contributed by atoms with Crippen LogP contribution in [0.5, 0.6) is 0 Å². The summed E-state index contributed by atoms with van der Waals surface area (Å²) in [5, 5.41) is 3.17. The Labute approximate surface area is 174 Å². The second-order valence-corrected chi connectivity index (χ2v) is 7.73. The standard InChI is InChI=1S/C22H23ClN2O4/c1-13-5-7-18(8-15(13)3)25-11-16(9-21(25)27)22(28)29-12-20(26)24-19-10-17(23)6-4-14(19)2/h4-8,10,16H,9,11-12H2,1-3H3,(H,24,26)/t16-/m0/s1. The normalized spacial score (nSPS) is 16.1. The molecule has 0 aromatic heterocycles. The van der Waals surface area contributed by atoms with Gasteiger partial charge < -0.3 is 15.0 Å². The van der Waals surface area contributed by atoms with E-state index < -0.39 is 24.4 Å². The van der Waals surface area contributed by atoms with Crippen molar-refractivity contribution in [3.8, 4) is 0 Å². The fourth-order valence-electron chi connectivity index (χ4n) is 3.18. The summed E-state index contributed by atoms with van der Waals surface area (Å²) in [6.07, 6.45) is 0.0702. The molecular formula is C22H23ClN2O4. The first-order chi connectivity index (χ1) is 13.7. The van der Waals surface area contributed by atoms with Crippen LogP contribution in [-0.2, 0) is 19.1 Å². The Morgan fingerprint density at radius 1 is 1.10 bits per heavy atom. The lowest BCUT2D eigenvalue weighted by molar-refractivity contribution is -0.151. The number of carbonyl (C=O) groups excluding carboxylic acids is 3. The zero-order valence-electron chi connectivity index (χ0n) is 16.6. The van der Waals surface area contributed by atoms with Crippen LogP contribution in [0.1, 0.15) is 23.1 Å². The van der Waals surface area contributed by atoms with Crippen molar-refractivity contribution in [3.63, 3.8) is 0 Å². The van der Waals surface area contributed by atoms with Crippen LogP contribution < -0.4 is 10.2 Å². The number of nitrogens with zero attached hydrogens (tertiary/aromatic N) is 1. The molecule has 1 N–H and O–H groups in total. The van der Waals surface area contributed by atoms with E-state index in [0.29, 0.717) is 10.7 Å². The van der Waals surface area contributed by atoms with E-state index in [1.54, 1.807) is 23.1 Å². The van der Waals surface area contributed by atoms with Crippen LogP contribution in [0.4, 0.5) is 11.4 Å². The summed E-state index contributed by atoms with van der Waals surface area (Å²) >= 11 is 5.94. The quantitative estimate of drug-likeness (QED) is 0.755. The van der Waals surface area contributed by atoms with Gasteiger partial charge in [0.05, 0.1) is 5.92 Å². The van der Waals surface area contributed by atoms with Gasteiger partial charge in [-0.1, -0.05) is 23.7 Å². The van der Waals surface area contributed by atoms with Crippen LogP contribution in [0.3, 0.4) is 0 Å². The van der Waals surface area contributed by atoms with Gasteiger partial charge in [-0.3, -0.25) is 14.4 Å². The summed E-state index contributed by atoms with van der Waals surface area (Å²) in [6.45, 7) is 5.64. The van der Waals surface area contributed by atoms with E-state index >= 15 is 0 Å². The highest BCUT2D eigenvalue weighted by Crippen LogP contribution is 2.27. The Bertz CT molecular complexity index is 973. The second kappa shape index (κ2) is 8.66. The molecule has 2 aromatic rings. The van der Waals surface area contributed by atoms with Crippen molar-refractivity contribution in [1.82, 2.24) is 0 Å². The maximum absolute atomic E-state index is 12.4. The van der Waals surface area contributed by atoms with Gasteiger partial charge in [-0.05, 0) is 61.7 Å². The van der Waals surface area contributed by atoms with Crippen molar-refractivity contribution in [3.05, 3.63) is 58.1 Å². The SMILES string of the molecule is Cc1ccc(N2C[C@@H](C(=O)OCC(=O)Nc3cc(Cl)ccc3C)CC2=O)cc1C. The van der Waals surface area contributed by atoms with Crippen molar-refractivity contribution >= 4 is 40.8 Å². The minimum absolute atomic E-state index is 0.0702. The monoisotopic (exact) mass is 414 g/mol. The lowest BCUT2D eigenvalue weighted by Crippen LogP contribution is -2.28. The highest BCUT2D eigenvalue weighted by Gasteiger charge is 2.36. The molecule has 0 unspecified atom stereocenters. The molecule has 1 aliphatic heterocycles. The third kappa shape index (κ3) is 4.95. The molecule has 7 heteroatoms. The molecule has 3 rings (SSSR count). The van der Waals surface area contributed by atoms with E-state index in [0.717, 1.165) is 22.4 Å². The second-order valence-electron chi connectivity index (χ2n) is 7.29. The van der Waals surface area contributed by atoms with Crippen LogP contribution in [0.25, 0.3) is 0 Å². The molecule has 6 nitrogen and oxygen atoms in total. The third-order valence-electron chi connectivity index (χ3n) is 5.08. The Kier molecular flexibility index (Phi) is 6.23. The Morgan fingerprint density at radius 3 is 2.55 bits per heavy atom. The molecular weight excluding hydrogens is 392 g/mol. The van der Waals surface area contributed by atoms with Gasteiger partial charge in [0.2, 0.25) is 5.91 Å². The third-order valence-corrected chi connectivity index (χ3v) is 5.31. The van der Waals surface area contributed by atoms with Gasteiger partial charge in [-0.15, -0.1) is 0 Å². The van der Waals surface area contributed by atoms with Crippen molar-refractivity contribution in [2.24, 2.45) is 5.92 Å². The van der Waals surface area contributed by atoms with Crippen molar-refractivity contribution in [2.45, 2.75) is 27.2 Å². The average Bonchev–Trinajstić information content (AvgIpc) is 3.07.